The fraction of sp³-hybridized carbons (Fsp3) is 0. The van der Waals surface area contributed by atoms with Gasteiger partial charge in [0.05, 0.1) is 10.2 Å². The molecule has 3 radical (unpaired) electrons. The van der Waals surface area contributed by atoms with E-state index < -0.39 is 0 Å². The van der Waals surface area contributed by atoms with Gasteiger partial charge in [0.15, 0.2) is 0 Å². The number of hydrogen-bond donors (Lipinski definition) is 0. The molecule has 2 aromatic rings. The molecule has 0 saturated heterocycles. The maximum atomic E-state index is 3.62. The molecule has 0 heterocycles. The van der Waals surface area contributed by atoms with E-state index >= 15 is 0 Å². The monoisotopic (exact) mass is 179 g/mol. The van der Waals surface area contributed by atoms with E-state index in [4.69, 9.17) is 0 Å². The summed E-state index contributed by atoms with van der Waals surface area (Å²) in [6, 6.07) is 14.8. The number of hydrogen-bond acceptors (Lipinski definition) is 0. The molecule has 1 aliphatic rings. The van der Waals surface area contributed by atoms with Crippen LogP contribution in [0.4, 0.5) is 0 Å². The number of benzene rings is 2. The molecule has 0 unspecified atom stereocenters. The Kier molecular flexibility index (Phi) is 1.27. The molecule has 13 heavy (non-hydrogen) atoms. The van der Waals surface area contributed by atoms with Gasteiger partial charge >= 0.3 is 0 Å². The minimum absolute atomic E-state index is 1.19. The van der Waals surface area contributed by atoms with Crippen LogP contribution in [0.15, 0.2) is 42.5 Å². The van der Waals surface area contributed by atoms with Crippen molar-refractivity contribution in [1.82, 2.24) is 0 Å². The Labute approximate surface area is 80.7 Å². The summed E-state index contributed by atoms with van der Waals surface area (Å²) in [6.07, 6.45) is 0. The summed E-state index contributed by atoms with van der Waals surface area (Å²) in [5.41, 5.74) is 5.46. The molecule has 0 nitrogen and oxygen atoms in total. The average Bonchev–Trinajstić information content (AvgIpc) is 2.14. The molecular formula is C12H7Si. The van der Waals surface area contributed by atoms with E-state index in [0.29, 0.717) is 0 Å². The van der Waals surface area contributed by atoms with E-state index in [1.807, 2.05) is 0 Å². The normalized spacial score (nSPS) is 11.5. The highest BCUT2D eigenvalue weighted by Crippen LogP contribution is 2.44. The van der Waals surface area contributed by atoms with Gasteiger partial charge in [-0.2, -0.15) is 0 Å². The van der Waals surface area contributed by atoms with Crippen LogP contribution in [0.5, 0.6) is 0 Å². The smallest absolute Gasteiger partial charge is 0.0632 e. The molecule has 0 saturated carbocycles. The summed E-state index contributed by atoms with van der Waals surface area (Å²) in [6.45, 7) is 0. The quantitative estimate of drug-likeness (QED) is 0.464. The third kappa shape index (κ3) is 0.797. The second-order valence-electron chi connectivity index (χ2n) is 3.27. The molecule has 0 fully saturated rings. The molecule has 3 rings (SSSR count). The summed E-state index contributed by atoms with van der Waals surface area (Å²) in [5, 5.41) is 1.19. The molecule has 2 aromatic carbocycles. The van der Waals surface area contributed by atoms with Crippen LogP contribution in [0, 0.1) is 0 Å². The van der Waals surface area contributed by atoms with Crippen LogP contribution in [-0.2, 0) is 0 Å². The predicted octanol–water partition coefficient (Wildman–Crippen LogP) is 2.13. The summed E-state index contributed by atoms with van der Waals surface area (Å²) in [4.78, 5) is 0. The van der Waals surface area contributed by atoms with E-state index in [-0.39, 0.29) is 0 Å². The molecule has 0 N–H and O–H groups in total. The first kappa shape index (κ1) is 7.10. The van der Waals surface area contributed by atoms with Crippen molar-refractivity contribution in [3.8, 4) is 22.3 Å². The summed E-state index contributed by atoms with van der Waals surface area (Å²) in [7, 11) is 3.62. The minimum atomic E-state index is 1.19. The molecule has 1 heteroatoms. The van der Waals surface area contributed by atoms with Crippen molar-refractivity contribution < 1.29 is 0 Å². The lowest BCUT2D eigenvalue weighted by Gasteiger charge is -2.25. The molecule has 0 amide bonds. The van der Waals surface area contributed by atoms with E-state index in [2.05, 4.69) is 52.7 Å². The summed E-state index contributed by atoms with van der Waals surface area (Å²) < 4.78 is 0. The highest BCUT2D eigenvalue weighted by Gasteiger charge is 2.21. The Balaban J connectivity index is 2.35. The van der Waals surface area contributed by atoms with Crippen LogP contribution in [0.25, 0.3) is 22.3 Å². The van der Waals surface area contributed by atoms with Crippen molar-refractivity contribution in [1.29, 1.82) is 0 Å². The molecule has 0 spiro atoms. The highest BCUT2D eigenvalue weighted by molar-refractivity contribution is 6.38. The van der Waals surface area contributed by atoms with Crippen LogP contribution < -0.4 is 5.19 Å². The first-order valence-corrected chi connectivity index (χ1v) is 4.82. The van der Waals surface area contributed by atoms with Crippen molar-refractivity contribution in [2.75, 3.05) is 0 Å². The van der Waals surface area contributed by atoms with Crippen LogP contribution >= 0.6 is 0 Å². The zero-order chi connectivity index (χ0) is 8.84. The maximum absolute atomic E-state index is 3.62. The fourth-order valence-electron chi connectivity index (χ4n) is 1.94. The van der Waals surface area contributed by atoms with Gasteiger partial charge in [0.25, 0.3) is 0 Å². The van der Waals surface area contributed by atoms with Gasteiger partial charge in [-0.15, -0.1) is 0 Å². The molecule has 59 valence electrons. The average molecular weight is 179 g/mol. The van der Waals surface area contributed by atoms with Crippen molar-refractivity contribution in [2.24, 2.45) is 0 Å². The molecule has 1 aliphatic carbocycles. The molecule has 0 atom stereocenters. The van der Waals surface area contributed by atoms with Gasteiger partial charge in [0.2, 0.25) is 0 Å². The third-order valence-corrected chi connectivity index (χ3v) is 2.97. The molecule has 0 aliphatic heterocycles. The van der Waals surface area contributed by atoms with E-state index in [0.717, 1.165) is 0 Å². The van der Waals surface area contributed by atoms with Gasteiger partial charge in [-0.05, 0) is 22.3 Å². The zero-order valence-corrected chi connectivity index (χ0v) is 8.04. The van der Waals surface area contributed by atoms with Gasteiger partial charge in [0.1, 0.15) is 0 Å². The maximum Gasteiger partial charge on any atom is 0.0720 e. The van der Waals surface area contributed by atoms with Crippen LogP contribution in [-0.4, -0.2) is 10.2 Å². The van der Waals surface area contributed by atoms with Gasteiger partial charge in [0, 0.05) is 0 Å². The largest absolute Gasteiger partial charge is 0.0720 e. The van der Waals surface area contributed by atoms with Crippen molar-refractivity contribution in [3.63, 3.8) is 0 Å². The topological polar surface area (TPSA) is 0 Å². The number of fused-ring (bicyclic) bond motifs is 4. The third-order valence-electron chi connectivity index (χ3n) is 2.55. The number of rotatable bonds is 0. The second kappa shape index (κ2) is 2.33. The molecule has 0 bridgehead atoms. The van der Waals surface area contributed by atoms with Gasteiger partial charge in [-0.3, -0.25) is 0 Å². The Hall–Kier alpha value is -1.34. The first-order valence-electron chi connectivity index (χ1n) is 4.32. The van der Waals surface area contributed by atoms with Crippen molar-refractivity contribution in [3.05, 3.63) is 42.5 Å². The Morgan fingerprint density at radius 3 is 2.23 bits per heavy atom. The van der Waals surface area contributed by atoms with E-state index in [1.54, 1.807) is 0 Å². The minimum Gasteiger partial charge on any atom is -0.0632 e. The Bertz CT molecular complexity index is 486. The summed E-state index contributed by atoms with van der Waals surface area (Å²) in [5.74, 6) is 0. The second-order valence-corrected chi connectivity index (χ2v) is 3.81. The highest BCUT2D eigenvalue weighted by atomic mass is 28.1. The lowest BCUT2D eigenvalue weighted by atomic mass is 9.81. The van der Waals surface area contributed by atoms with E-state index in [9.17, 15) is 0 Å². The zero-order valence-electron chi connectivity index (χ0n) is 7.04. The van der Waals surface area contributed by atoms with Crippen molar-refractivity contribution >= 4 is 15.4 Å². The summed E-state index contributed by atoms with van der Waals surface area (Å²) >= 11 is 0. The molecule has 0 aromatic heterocycles. The van der Waals surface area contributed by atoms with Crippen LogP contribution in [0.2, 0.25) is 0 Å². The van der Waals surface area contributed by atoms with Crippen LogP contribution in [0.1, 0.15) is 0 Å². The lowest BCUT2D eigenvalue weighted by Crippen LogP contribution is -2.13. The van der Waals surface area contributed by atoms with Gasteiger partial charge in [-0.25, -0.2) is 0 Å². The van der Waals surface area contributed by atoms with Gasteiger partial charge < -0.3 is 0 Å². The Morgan fingerprint density at radius 2 is 1.38 bits per heavy atom. The Morgan fingerprint density at radius 1 is 0.692 bits per heavy atom. The SMILES string of the molecule is [Si]c1cccc2c1-c1ccccc1-2. The van der Waals surface area contributed by atoms with Crippen LogP contribution in [0.3, 0.4) is 0 Å². The molecular weight excluding hydrogens is 172 g/mol. The van der Waals surface area contributed by atoms with E-state index in [1.165, 1.54) is 27.4 Å². The fourth-order valence-corrected chi connectivity index (χ4v) is 2.31. The van der Waals surface area contributed by atoms with Crippen molar-refractivity contribution in [2.45, 2.75) is 0 Å². The first-order chi connectivity index (χ1) is 6.38. The predicted molar refractivity (Wildman–Crippen MR) is 56.3 cm³/mol. The van der Waals surface area contributed by atoms with Gasteiger partial charge in [-0.1, -0.05) is 47.7 Å². The standard InChI is InChI=1S/C12H7Si/c13-11-7-3-6-10-8-4-1-2-5-9(8)12(10)11/h1-7H. The lowest BCUT2D eigenvalue weighted by molar-refractivity contribution is 1.54.